The predicted molar refractivity (Wildman–Crippen MR) is 94.6 cm³/mol. The van der Waals surface area contributed by atoms with E-state index in [4.69, 9.17) is 22.7 Å². The number of aromatic nitrogens is 1. The summed E-state index contributed by atoms with van der Waals surface area (Å²) in [6, 6.07) is 3.51. The van der Waals surface area contributed by atoms with Crippen molar-refractivity contribution in [2.24, 2.45) is 5.73 Å². The number of anilines is 1. The van der Waals surface area contributed by atoms with Gasteiger partial charge in [-0.05, 0) is 12.1 Å². The zero-order valence-electron chi connectivity index (χ0n) is 14.0. The summed E-state index contributed by atoms with van der Waals surface area (Å²) in [5, 5.41) is 10.3. The first-order valence-corrected chi connectivity index (χ1v) is 9.18. The molecule has 1 aromatic carbocycles. The number of benzene rings is 1. The van der Waals surface area contributed by atoms with E-state index < -0.39 is 45.5 Å². The van der Waals surface area contributed by atoms with Gasteiger partial charge in [-0.15, -0.1) is 0 Å². The van der Waals surface area contributed by atoms with Gasteiger partial charge in [0.2, 0.25) is 10.0 Å². The minimum atomic E-state index is -5.40. The molecule has 0 spiro atoms. The molecule has 15 heteroatoms. The number of alkyl halides is 3. The summed E-state index contributed by atoms with van der Waals surface area (Å²) >= 11 is 5.99. The van der Waals surface area contributed by atoms with Gasteiger partial charge in [-0.2, -0.15) is 17.9 Å². The Morgan fingerprint density at radius 1 is 1.28 bits per heavy atom. The van der Waals surface area contributed by atoms with Crippen LogP contribution in [-0.4, -0.2) is 44.0 Å². The Morgan fingerprint density at radius 2 is 1.93 bits per heavy atom. The van der Waals surface area contributed by atoms with E-state index in [1.165, 1.54) is 12.3 Å². The largest absolute Gasteiger partial charge is 0.491 e. The Morgan fingerprint density at radius 3 is 2.52 bits per heavy atom. The summed E-state index contributed by atoms with van der Waals surface area (Å²) in [7, 11) is -4.40. The minimum Gasteiger partial charge on any atom is -0.385 e. The molecule has 0 radical (unpaired) electrons. The van der Waals surface area contributed by atoms with Crippen LogP contribution in [0.3, 0.4) is 0 Å². The topological polar surface area (TPSA) is 164 Å². The number of hydrogen-bond donors (Lipinski definition) is 4. The summed E-state index contributed by atoms with van der Waals surface area (Å²) < 4.78 is 66.0. The third kappa shape index (κ3) is 5.52. The zero-order chi connectivity index (χ0) is 22.0. The van der Waals surface area contributed by atoms with E-state index in [0.717, 1.165) is 12.1 Å². The molecule has 10 nitrogen and oxygen atoms in total. The Labute approximate surface area is 165 Å². The number of nitrogens with zero attached hydrogens (tertiary/aromatic N) is 1. The van der Waals surface area contributed by atoms with Crippen LogP contribution in [0, 0.1) is 5.41 Å². The lowest BCUT2D eigenvalue weighted by Crippen LogP contribution is -2.35. The first-order valence-electron chi connectivity index (χ1n) is 7.32. The summed E-state index contributed by atoms with van der Waals surface area (Å²) in [6.45, 7) is -1.23. The first kappa shape index (κ1) is 22.3. The molecule has 156 valence electrons. The maximum absolute atomic E-state index is 12.3. The molecule has 0 saturated heterocycles. The van der Waals surface area contributed by atoms with Crippen LogP contribution in [-0.2, 0) is 24.3 Å². The van der Waals surface area contributed by atoms with E-state index in [2.05, 4.69) is 15.0 Å². The van der Waals surface area contributed by atoms with Gasteiger partial charge in [-0.25, -0.2) is 18.2 Å². The lowest BCUT2D eigenvalue weighted by atomic mass is 10.1. The van der Waals surface area contributed by atoms with E-state index in [1.54, 1.807) is 4.72 Å². The van der Waals surface area contributed by atoms with Gasteiger partial charge >= 0.3 is 18.1 Å². The number of rotatable bonds is 5. The lowest BCUT2D eigenvalue weighted by Gasteiger charge is -2.11. The smallest absolute Gasteiger partial charge is 0.385 e. The third-order valence-electron chi connectivity index (χ3n) is 3.22. The standard InChI is InChI=1S/C14H11ClF3N5O5S/c15-9-4-21-11(23-13(19)20)8-3-6(1-2-7(8)9)29(26,27)22-5-10(24)28-12(25)14(16,17)18/h1-4,22H,5H2,(H4,19,20,21,23). The Kier molecular flexibility index (Phi) is 6.30. The van der Waals surface area contributed by atoms with Crippen molar-refractivity contribution in [1.82, 2.24) is 9.71 Å². The van der Waals surface area contributed by atoms with Crippen LogP contribution in [0.25, 0.3) is 10.8 Å². The monoisotopic (exact) mass is 453 g/mol. The molecule has 29 heavy (non-hydrogen) atoms. The van der Waals surface area contributed by atoms with Crippen molar-refractivity contribution in [3.8, 4) is 0 Å². The Hall–Kier alpha value is -2.97. The summed E-state index contributed by atoms with van der Waals surface area (Å²) in [4.78, 5) is 25.3. The molecular formula is C14H11ClF3N5O5S. The number of halogens is 4. The second-order valence-corrected chi connectivity index (χ2v) is 7.46. The molecule has 0 aliphatic carbocycles. The van der Waals surface area contributed by atoms with E-state index in [9.17, 15) is 31.2 Å². The molecule has 2 aromatic rings. The number of esters is 2. The van der Waals surface area contributed by atoms with E-state index in [-0.39, 0.29) is 16.2 Å². The van der Waals surface area contributed by atoms with E-state index in [0.29, 0.717) is 5.39 Å². The number of hydrogen-bond acceptors (Lipinski definition) is 7. The van der Waals surface area contributed by atoms with Crippen LogP contribution >= 0.6 is 11.6 Å². The number of carbonyl (C=O) groups is 2. The molecule has 0 aliphatic heterocycles. The molecule has 1 aromatic heterocycles. The SMILES string of the molecule is N=C(N)Nc1ncc(Cl)c2ccc(S(=O)(=O)NCC(=O)OC(=O)C(F)(F)F)cc12. The first-order chi connectivity index (χ1) is 13.3. The normalized spacial score (nSPS) is 11.9. The quantitative estimate of drug-likeness (QED) is 0.226. The van der Waals surface area contributed by atoms with Crippen LogP contribution in [0.15, 0.2) is 29.3 Å². The summed E-state index contributed by atoms with van der Waals surface area (Å²) in [5.74, 6) is -4.98. The average Bonchev–Trinajstić information content (AvgIpc) is 2.61. The van der Waals surface area contributed by atoms with E-state index >= 15 is 0 Å². The molecule has 0 unspecified atom stereocenters. The number of nitrogens with one attached hydrogen (secondary N) is 3. The number of guanidine groups is 1. The molecule has 1 heterocycles. The number of carbonyl (C=O) groups excluding carboxylic acids is 2. The second kappa shape index (κ2) is 8.18. The van der Waals surface area contributed by atoms with Gasteiger partial charge < -0.3 is 15.8 Å². The van der Waals surface area contributed by atoms with Crippen molar-refractivity contribution in [3.05, 3.63) is 29.4 Å². The van der Waals surface area contributed by atoms with Gasteiger partial charge in [0.1, 0.15) is 12.4 Å². The van der Waals surface area contributed by atoms with Gasteiger partial charge in [0.15, 0.2) is 5.96 Å². The highest BCUT2D eigenvalue weighted by atomic mass is 35.5. The van der Waals surface area contributed by atoms with Crippen molar-refractivity contribution < 1.29 is 35.9 Å². The van der Waals surface area contributed by atoms with Crippen molar-refractivity contribution in [1.29, 1.82) is 5.41 Å². The predicted octanol–water partition coefficient (Wildman–Crippen LogP) is 1.10. The van der Waals surface area contributed by atoms with Gasteiger partial charge in [-0.1, -0.05) is 17.7 Å². The van der Waals surface area contributed by atoms with Crippen LogP contribution < -0.4 is 15.8 Å². The number of nitrogens with two attached hydrogens (primary N) is 1. The molecule has 2 rings (SSSR count). The number of fused-ring (bicyclic) bond motifs is 1. The molecule has 0 saturated carbocycles. The van der Waals surface area contributed by atoms with Gasteiger partial charge in [0.05, 0.1) is 9.92 Å². The van der Waals surface area contributed by atoms with Gasteiger partial charge in [-0.3, -0.25) is 10.2 Å². The zero-order valence-corrected chi connectivity index (χ0v) is 15.6. The van der Waals surface area contributed by atoms with Gasteiger partial charge in [0.25, 0.3) is 0 Å². The molecule has 0 amide bonds. The maximum atomic E-state index is 12.3. The van der Waals surface area contributed by atoms with Gasteiger partial charge in [0, 0.05) is 17.0 Å². The van der Waals surface area contributed by atoms with Crippen molar-refractivity contribution in [2.75, 3.05) is 11.9 Å². The average molecular weight is 454 g/mol. The maximum Gasteiger partial charge on any atom is 0.491 e. The van der Waals surface area contributed by atoms with Crippen molar-refractivity contribution >= 4 is 56.1 Å². The second-order valence-electron chi connectivity index (χ2n) is 5.28. The van der Waals surface area contributed by atoms with Crippen molar-refractivity contribution in [3.63, 3.8) is 0 Å². The van der Waals surface area contributed by atoms with Crippen LogP contribution in [0.4, 0.5) is 19.0 Å². The Bertz CT molecular complexity index is 1110. The third-order valence-corrected chi connectivity index (χ3v) is 4.92. The van der Waals surface area contributed by atoms with Crippen LogP contribution in [0.1, 0.15) is 0 Å². The fourth-order valence-corrected chi connectivity index (χ4v) is 3.23. The van der Waals surface area contributed by atoms with Crippen molar-refractivity contribution in [2.45, 2.75) is 11.1 Å². The molecule has 0 aliphatic rings. The van der Waals surface area contributed by atoms with Crippen LogP contribution in [0.5, 0.6) is 0 Å². The highest BCUT2D eigenvalue weighted by Crippen LogP contribution is 2.30. The molecule has 0 bridgehead atoms. The van der Waals surface area contributed by atoms with E-state index in [1.807, 2.05) is 0 Å². The molecule has 5 N–H and O–H groups in total. The fraction of sp³-hybridized carbons (Fsp3) is 0.143. The van der Waals surface area contributed by atoms with Crippen LogP contribution in [0.2, 0.25) is 5.02 Å². The number of sulfonamides is 1. The lowest BCUT2D eigenvalue weighted by molar-refractivity contribution is -0.201. The number of ether oxygens (including phenoxy) is 1. The fourth-order valence-electron chi connectivity index (χ4n) is 2.02. The summed E-state index contributed by atoms with van der Waals surface area (Å²) in [5.41, 5.74) is 5.24. The Balaban J connectivity index is 2.27. The molecular weight excluding hydrogens is 443 g/mol. The minimum absolute atomic E-state index is 0.0177. The highest BCUT2D eigenvalue weighted by Gasteiger charge is 2.42. The molecule has 0 fully saturated rings. The number of pyridine rings is 1. The molecule has 0 atom stereocenters. The summed E-state index contributed by atoms with van der Waals surface area (Å²) in [6.07, 6.45) is -4.16. The highest BCUT2D eigenvalue weighted by molar-refractivity contribution is 7.89.